The van der Waals surface area contributed by atoms with Gasteiger partial charge in [0.05, 0.1) is 11.7 Å². The lowest BCUT2D eigenvalue weighted by molar-refractivity contribution is 0.266. The number of hydrazine groups is 1. The molecule has 1 heterocycles. The van der Waals surface area contributed by atoms with E-state index in [9.17, 15) is 0 Å². The van der Waals surface area contributed by atoms with Gasteiger partial charge in [-0.3, -0.25) is 10.4 Å². The van der Waals surface area contributed by atoms with E-state index in [1.165, 1.54) is 43.4 Å². The molecule has 1 unspecified atom stereocenters. The van der Waals surface area contributed by atoms with Gasteiger partial charge in [0.1, 0.15) is 0 Å². The quantitative estimate of drug-likeness (QED) is 0.785. The molecule has 0 radical (unpaired) electrons. The van der Waals surface area contributed by atoms with E-state index in [1.807, 2.05) is 12.3 Å². The van der Waals surface area contributed by atoms with Crippen molar-refractivity contribution in [1.29, 1.82) is 0 Å². The van der Waals surface area contributed by atoms with Crippen LogP contribution in [-0.2, 0) is 6.42 Å². The Morgan fingerprint density at radius 3 is 3.06 bits per heavy atom. The van der Waals surface area contributed by atoms with E-state index >= 15 is 0 Å². The molecule has 100 valence electrons. The lowest BCUT2D eigenvalue weighted by Crippen LogP contribution is -2.50. The summed E-state index contributed by atoms with van der Waals surface area (Å²) in [4.78, 5) is 4.54. The number of aromatic nitrogens is 1. The Morgan fingerprint density at radius 2 is 2.28 bits per heavy atom. The Bertz CT molecular complexity index is 387. The van der Waals surface area contributed by atoms with Gasteiger partial charge in [0.2, 0.25) is 0 Å². The monoisotopic (exact) mass is 247 g/mol. The first-order chi connectivity index (χ1) is 8.62. The van der Waals surface area contributed by atoms with Crippen LogP contribution < -0.4 is 10.9 Å². The first-order valence-corrected chi connectivity index (χ1v) is 7.09. The van der Waals surface area contributed by atoms with E-state index < -0.39 is 0 Å². The van der Waals surface area contributed by atoms with Crippen molar-refractivity contribution in [2.75, 3.05) is 0 Å². The SMILES string of the molecule is CCCC(C)(C)NNC1CCCc2cccnc21. The van der Waals surface area contributed by atoms with Crippen LogP contribution in [0.15, 0.2) is 18.3 Å². The predicted molar refractivity (Wildman–Crippen MR) is 75.2 cm³/mol. The summed E-state index contributed by atoms with van der Waals surface area (Å²) in [7, 11) is 0. The summed E-state index contributed by atoms with van der Waals surface area (Å²) in [5.41, 5.74) is 9.74. The molecule has 0 aliphatic heterocycles. The minimum absolute atomic E-state index is 0.140. The average Bonchev–Trinajstić information content (AvgIpc) is 2.36. The summed E-state index contributed by atoms with van der Waals surface area (Å²) in [6.45, 7) is 6.71. The zero-order valence-corrected chi connectivity index (χ0v) is 11.8. The van der Waals surface area contributed by atoms with Crippen molar-refractivity contribution in [3.63, 3.8) is 0 Å². The van der Waals surface area contributed by atoms with Gasteiger partial charge in [-0.25, -0.2) is 5.43 Å². The smallest absolute Gasteiger partial charge is 0.0637 e. The average molecular weight is 247 g/mol. The van der Waals surface area contributed by atoms with Crippen LogP contribution in [-0.4, -0.2) is 10.5 Å². The number of pyridine rings is 1. The number of nitrogens with zero attached hydrogens (tertiary/aromatic N) is 1. The summed E-state index contributed by atoms with van der Waals surface area (Å²) in [5, 5.41) is 0. The van der Waals surface area contributed by atoms with Crippen LogP contribution in [0, 0.1) is 0 Å². The normalized spacial score (nSPS) is 19.6. The standard InChI is InChI=1S/C15H25N3/c1-4-10-15(2,3)18-17-13-9-5-7-12-8-6-11-16-14(12)13/h6,8,11,13,17-18H,4-5,7,9-10H2,1-3H3. The Morgan fingerprint density at radius 1 is 1.44 bits per heavy atom. The molecule has 18 heavy (non-hydrogen) atoms. The molecular formula is C15H25N3. The molecule has 1 atom stereocenters. The molecular weight excluding hydrogens is 222 g/mol. The van der Waals surface area contributed by atoms with Crippen molar-refractivity contribution in [3.05, 3.63) is 29.6 Å². The molecule has 1 aliphatic rings. The second kappa shape index (κ2) is 5.81. The molecule has 0 fully saturated rings. The maximum absolute atomic E-state index is 4.54. The van der Waals surface area contributed by atoms with Gasteiger partial charge in [-0.1, -0.05) is 19.4 Å². The van der Waals surface area contributed by atoms with Gasteiger partial charge in [0.15, 0.2) is 0 Å². The molecule has 0 aromatic carbocycles. The van der Waals surface area contributed by atoms with E-state index in [0.29, 0.717) is 6.04 Å². The summed E-state index contributed by atoms with van der Waals surface area (Å²) < 4.78 is 0. The fourth-order valence-corrected chi connectivity index (χ4v) is 2.72. The van der Waals surface area contributed by atoms with Crippen LogP contribution >= 0.6 is 0 Å². The largest absolute Gasteiger partial charge is 0.259 e. The number of aryl methyl sites for hydroxylation is 1. The molecule has 1 aromatic heterocycles. The maximum atomic E-state index is 4.54. The number of hydrogen-bond acceptors (Lipinski definition) is 3. The molecule has 1 aromatic rings. The molecule has 2 rings (SSSR count). The van der Waals surface area contributed by atoms with Crippen molar-refractivity contribution in [3.8, 4) is 0 Å². The fourth-order valence-electron chi connectivity index (χ4n) is 2.72. The third-order valence-electron chi connectivity index (χ3n) is 3.65. The van der Waals surface area contributed by atoms with Gasteiger partial charge in [0, 0.05) is 11.7 Å². The number of nitrogens with one attached hydrogen (secondary N) is 2. The fraction of sp³-hybridized carbons (Fsp3) is 0.667. The van der Waals surface area contributed by atoms with Crippen LogP contribution in [0.5, 0.6) is 0 Å². The minimum Gasteiger partial charge on any atom is -0.259 e. The van der Waals surface area contributed by atoms with E-state index in [4.69, 9.17) is 0 Å². The van der Waals surface area contributed by atoms with Crippen LogP contribution in [0.4, 0.5) is 0 Å². The molecule has 1 aliphatic carbocycles. The number of hydrogen-bond donors (Lipinski definition) is 2. The molecule has 0 saturated carbocycles. The van der Waals surface area contributed by atoms with Gasteiger partial charge < -0.3 is 0 Å². The van der Waals surface area contributed by atoms with Crippen LogP contribution in [0.1, 0.15) is 63.8 Å². The summed E-state index contributed by atoms with van der Waals surface area (Å²) in [6, 6.07) is 4.59. The predicted octanol–water partition coefficient (Wildman–Crippen LogP) is 3.13. The summed E-state index contributed by atoms with van der Waals surface area (Å²) in [5.74, 6) is 0. The van der Waals surface area contributed by atoms with Gasteiger partial charge in [-0.15, -0.1) is 0 Å². The zero-order valence-electron chi connectivity index (χ0n) is 11.8. The highest BCUT2D eigenvalue weighted by molar-refractivity contribution is 5.25. The molecule has 0 amide bonds. The van der Waals surface area contributed by atoms with Crippen LogP contribution in [0.2, 0.25) is 0 Å². The third kappa shape index (κ3) is 3.30. The van der Waals surface area contributed by atoms with Crippen molar-refractivity contribution in [2.45, 2.75) is 64.5 Å². The second-order valence-corrected chi connectivity index (χ2v) is 5.90. The van der Waals surface area contributed by atoms with E-state index in [2.05, 4.69) is 42.7 Å². The Kier molecular flexibility index (Phi) is 4.36. The molecule has 3 heteroatoms. The Labute approximate surface area is 110 Å². The Balaban J connectivity index is 1.99. The molecule has 0 bridgehead atoms. The molecule has 0 spiro atoms. The van der Waals surface area contributed by atoms with E-state index in [0.717, 1.165) is 0 Å². The third-order valence-corrected chi connectivity index (χ3v) is 3.65. The minimum atomic E-state index is 0.140. The van der Waals surface area contributed by atoms with Crippen molar-refractivity contribution >= 4 is 0 Å². The van der Waals surface area contributed by atoms with E-state index in [-0.39, 0.29) is 5.54 Å². The number of fused-ring (bicyclic) bond motifs is 1. The first-order valence-electron chi connectivity index (χ1n) is 7.09. The van der Waals surface area contributed by atoms with Gasteiger partial charge in [-0.2, -0.15) is 0 Å². The highest BCUT2D eigenvalue weighted by Gasteiger charge is 2.23. The molecule has 3 nitrogen and oxygen atoms in total. The molecule has 0 saturated heterocycles. The lowest BCUT2D eigenvalue weighted by Gasteiger charge is -2.32. The zero-order chi connectivity index (χ0) is 13.0. The molecule has 2 N–H and O–H groups in total. The van der Waals surface area contributed by atoms with Gasteiger partial charge >= 0.3 is 0 Å². The lowest BCUT2D eigenvalue weighted by atomic mass is 9.92. The Hall–Kier alpha value is -0.930. The summed E-state index contributed by atoms with van der Waals surface area (Å²) >= 11 is 0. The second-order valence-electron chi connectivity index (χ2n) is 5.90. The first kappa shape index (κ1) is 13.5. The van der Waals surface area contributed by atoms with Crippen LogP contribution in [0.25, 0.3) is 0 Å². The maximum Gasteiger partial charge on any atom is 0.0637 e. The van der Waals surface area contributed by atoms with Crippen molar-refractivity contribution in [1.82, 2.24) is 15.8 Å². The van der Waals surface area contributed by atoms with Gasteiger partial charge in [0.25, 0.3) is 0 Å². The van der Waals surface area contributed by atoms with Crippen LogP contribution in [0.3, 0.4) is 0 Å². The van der Waals surface area contributed by atoms with Crippen molar-refractivity contribution < 1.29 is 0 Å². The highest BCUT2D eigenvalue weighted by Crippen LogP contribution is 2.27. The van der Waals surface area contributed by atoms with Crippen molar-refractivity contribution in [2.24, 2.45) is 0 Å². The van der Waals surface area contributed by atoms with E-state index in [1.54, 1.807) is 0 Å². The summed E-state index contributed by atoms with van der Waals surface area (Å²) in [6.07, 6.45) is 7.84. The highest BCUT2D eigenvalue weighted by atomic mass is 15.4. The number of rotatable bonds is 5. The topological polar surface area (TPSA) is 37.0 Å². The van der Waals surface area contributed by atoms with Gasteiger partial charge in [-0.05, 0) is 51.2 Å².